The van der Waals surface area contributed by atoms with Crippen LogP contribution in [0.25, 0.3) is 0 Å². The van der Waals surface area contributed by atoms with Gasteiger partial charge in [0.1, 0.15) is 23.8 Å². The maximum absolute atomic E-state index is 12.1. The molecular formula is C13H13NO4. The van der Waals surface area contributed by atoms with Gasteiger partial charge in [-0.05, 0) is 18.9 Å². The third-order valence-corrected chi connectivity index (χ3v) is 3.54. The van der Waals surface area contributed by atoms with Crippen LogP contribution in [0.1, 0.15) is 24.3 Å². The summed E-state index contributed by atoms with van der Waals surface area (Å²) in [5.74, 6) is -0.918. The summed E-state index contributed by atoms with van der Waals surface area (Å²) in [6, 6.07) is 7.34. The first-order valence-corrected chi connectivity index (χ1v) is 5.89. The Morgan fingerprint density at radius 1 is 1.33 bits per heavy atom. The highest BCUT2D eigenvalue weighted by Crippen LogP contribution is 2.38. The van der Waals surface area contributed by atoms with E-state index in [9.17, 15) is 9.59 Å². The van der Waals surface area contributed by atoms with Gasteiger partial charge in [-0.2, -0.15) is 0 Å². The summed E-state index contributed by atoms with van der Waals surface area (Å²) < 4.78 is 5.42. The molecule has 5 heteroatoms. The summed E-state index contributed by atoms with van der Waals surface area (Å²) in [6.45, 7) is 0.279. The van der Waals surface area contributed by atoms with Crippen LogP contribution in [0.4, 0.5) is 0 Å². The van der Waals surface area contributed by atoms with Crippen LogP contribution in [0.2, 0.25) is 0 Å². The third kappa shape index (κ3) is 1.63. The third-order valence-electron chi connectivity index (χ3n) is 3.54. The fraction of sp³-hybridized carbons (Fsp3) is 0.385. The summed E-state index contributed by atoms with van der Waals surface area (Å²) in [7, 11) is 0. The molecule has 0 radical (unpaired) electrons. The van der Waals surface area contributed by atoms with E-state index in [4.69, 9.17) is 9.84 Å². The van der Waals surface area contributed by atoms with Gasteiger partial charge in [0, 0.05) is 5.56 Å². The van der Waals surface area contributed by atoms with Crippen molar-refractivity contribution < 1.29 is 19.4 Å². The van der Waals surface area contributed by atoms with Gasteiger partial charge in [0.15, 0.2) is 0 Å². The first-order valence-electron chi connectivity index (χ1n) is 5.89. The number of amides is 1. The predicted octanol–water partition coefficient (Wildman–Crippen LogP) is 0.896. The number of fused-ring (bicyclic) bond motifs is 1. The second-order valence-electron chi connectivity index (χ2n) is 4.78. The highest BCUT2D eigenvalue weighted by Gasteiger charge is 2.52. The number of hydrogen-bond acceptors (Lipinski definition) is 3. The van der Waals surface area contributed by atoms with E-state index in [1.807, 2.05) is 24.3 Å². The van der Waals surface area contributed by atoms with E-state index in [1.165, 1.54) is 0 Å². The second-order valence-corrected chi connectivity index (χ2v) is 4.78. The van der Waals surface area contributed by atoms with Gasteiger partial charge in [0.2, 0.25) is 5.91 Å². The molecule has 94 valence electrons. The number of carbonyl (C=O) groups excluding carboxylic acids is 1. The van der Waals surface area contributed by atoms with Gasteiger partial charge in [-0.25, -0.2) is 4.79 Å². The molecule has 2 N–H and O–H groups in total. The largest absolute Gasteiger partial charge is 0.492 e. The zero-order chi connectivity index (χ0) is 12.8. The molecule has 1 aliphatic heterocycles. The Kier molecular flexibility index (Phi) is 2.29. The van der Waals surface area contributed by atoms with Gasteiger partial charge in [0.05, 0.1) is 0 Å². The number of rotatable bonds is 3. The van der Waals surface area contributed by atoms with Crippen molar-refractivity contribution in [1.29, 1.82) is 0 Å². The Bertz CT molecular complexity index is 521. The van der Waals surface area contributed by atoms with Gasteiger partial charge < -0.3 is 15.2 Å². The second kappa shape index (κ2) is 3.73. The SMILES string of the molecule is O=C(NC1(C(=O)O)CC1)[C@H]1COc2ccccc21. The standard InChI is InChI=1S/C13H13NO4/c15-11(14-13(5-6-13)12(16)17)9-7-18-10-4-2-1-3-8(9)10/h1-4,9H,5-7H2,(H,14,15)(H,16,17)/t9-/m0/s1. The summed E-state index contributed by atoms with van der Waals surface area (Å²) in [5.41, 5.74) is -0.203. The van der Waals surface area contributed by atoms with Gasteiger partial charge in [0.25, 0.3) is 0 Å². The lowest BCUT2D eigenvalue weighted by molar-refractivity contribution is -0.143. The minimum atomic E-state index is -1.03. The molecule has 1 heterocycles. The summed E-state index contributed by atoms with van der Waals surface area (Å²) >= 11 is 0. The molecule has 0 saturated heterocycles. The van der Waals surface area contributed by atoms with Crippen molar-refractivity contribution in [2.75, 3.05) is 6.61 Å². The van der Waals surface area contributed by atoms with E-state index in [0.29, 0.717) is 18.6 Å². The van der Waals surface area contributed by atoms with E-state index in [2.05, 4.69) is 5.32 Å². The van der Waals surface area contributed by atoms with Crippen molar-refractivity contribution in [2.24, 2.45) is 0 Å². The van der Waals surface area contributed by atoms with E-state index >= 15 is 0 Å². The number of aliphatic carboxylic acids is 1. The van der Waals surface area contributed by atoms with Crippen LogP contribution in [0.15, 0.2) is 24.3 Å². The first kappa shape index (κ1) is 11.1. The van der Waals surface area contributed by atoms with Gasteiger partial charge >= 0.3 is 5.97 Å². The number of carbonyl (C=O) groups is 2. The fourth-order valence-electron chi connectivity index (χ4n) is 2.22. The minimum Gasteiger partial charge on any atom is -0.492 e. The van der Waals surface area contributed by atoms with Crippen molar-refractivity contribution in [1.82, 2.24) is 5.32 Å². The van der Waals surface area contributed by atoms with E-state index in [0.717, 1.165) is 5.56 Å². The molecule has 0 aromatic heterocycles. The molecular weight excluding hydrogens is 234 g/mol. The minimum absolute atomic E-state index is 0.264. The molecule has 3 rings (SSSR count). The lowest BCUT2D eigenvalue weighted by Crippen LogP contribution is -2.45. The fourth-order valence-corrected chi connectivity index (χ4v) is 2.22. The Hall–Kier alpha value is -2.04. The molecule has 1 fully saturated rings. The lowest BCUT2D eigenvalue weighted by atomic mass is 10.00. The summed E-state index contributed by atoms with van der Waals surface area (Å²) in [6.07, 6.45) is 1.01. The van der Waals surface area contributed by atoms with Crippen LogP contribution in [0.5, 0.6) is 5.75 Å². The predicted molar refractivity (Wildman–Crippen MR) is 62.4 cm³/mol. The highest BCUT2D eigenvalue weighted by molar-refractivity contribution is 5.93. The Balaban J connectivity index is 1.77. The van der Waals surface area contributed by atoms with Crippen LogP contribution < -0.4 is 10.1 Å². The molecule has 1 aliphatic carbocycles. The van der Waals surface area contributed by atoms with Crippen LogP contribution in [-0.4, -0.2) is 29.1 Å². The number of ether oxygens (including phenoxy) is 1. The van der Waals surface area contributed by atoms with Crippen LogP contribution in [0.3, 0.4) is 0 Å². The quantitative estimate of drug-likeness (QED) is 0.832. The van der Waals surface area contributed by atoms with Crippen LogP contribution in [0, 0.1) is 0 Å². The average molecular weight is 247 g/mol. The van der Waals surface area contributed by atoms with Gasteiger partial charge in [-0.15, -0.1) is 0 Å². The number of hydrogen-bond donors (Lipinski definition) is 2. The molecule has 0 spiro atoms. The number of nitrogens with one attached hydrogen (secondary N) is 1. The molecule has 2 aliphatic rings. The summed E-state index contributed by atoms with van der Waals surface area (Å²) in [5, 5.41) is 11.7. The van der Waals surface area contributed by atoms with Crippen molar-refractivity contribution in [3.63, 3.8) is 0 Å². The normalized spacial score (nSPS) is 22.8. The maximum Gasteiger partial charge on any atom is 0.329 e. The topological polar surface area (TPSA) is 75.6 Å². The first-order chi connectivity index (χ1) is 8.62. The van der Waals surface area contributed by atoms with Crippen LogP contribution >= 0.6 is 0 Å². The molecule has 1 amide bonds. The number of carboxylic acid groups (broad SMARTS) is 1. The smallest absolute Gasteiger partial charge is 0.329 e. The van der Waals surface area contributed by atoms with E-state index < -0.39 is 17.4 Å². The molecule has 0 bridgehead atoms. The monoisotopic (exact) mass is 247 g/mol. The molecule has 1 aromatic rings. The molecule has 1 aromatic carbocycles. The molecule has 18 heavy (non-hydrogen) atoms. The molecule has 1 saturated carbocycles. The Morgan fingerprint density at radius 2 is 2.06 bits per heavy atom. The van der Waals surface area contributed by atoms with Crippen molar-refractivity contribution >= 4 is 11.9 Å². The zero-order valence-corrected chi connectivity index (χ0v) is 9.68. The van der Waals surface area contributed by atoms with E-state index in [-0.39, 0.29) is 12.5 Å². The van der Waals surface area contributed by atoms with Crippen molar-refractivity contribution in [3.8, 4) is 5.75 Å². The van der Waals surface area contributed by atoms with Gasteiger partial charge in [-0.1, -0.05) is 18.2 Å². The van der Waals surface area contributed by atoms with Crippen molar-refractivity contribution in [3.05, 3.63) is 29.8 Å². The van der Waals surface area contributed by atoms with Gasteiger partial charge in [-0.3, -0.25) is 4.79 Å². The van der Waals surface area contributed by atoms with Crippen LogP contribution in [-0.2, 0) is 9.59 Å². The van der Waals surface area contributed by atoms with E-state index in [1.54, 1.807) is 0 Å². The molecule has 5 nitrogen and oxygen atoms in total. The highest BCUT2D eigenvalue weighted by atomic mass is 16.5. The molecule has 0 unspecified atom stereocenters. The lowest BCUT2D eigenvalue weighted by Gasteiger charge is -2.15. The van der Waals surface area contributed by atoms with Crippen molar-refractivity contribution in [2.45, 2.75) is 24.3 Å². The summed E-state index contributed by atoms with van der Waals surface area (Å²) in [4.78, 5) is 23.1. The number of para-hydroxylation sites is 1. The maximum atomic E-state index is 12.1. The zero-order valence-electron chi connectivity index (χ0n) is 9.68. The number of carboxylic acids is 1. The Morgan fingerprint density at radius 3 is 2.72 bits per heavy atom. The number of benzene rings is 1. The average Bonchev–Trinajstić information content (AvgIpc) is 3.01. The molecule has 1 atom stereocenters. The Labute approximate surface area is 104 Å².